The van der Waals surface area contributed by atoms with E-state index >= 15 is 0 Å². The van der Waals surface area contributed by atoms with E-state index in [1.54, 1.807) is 0 Å². The maximum Gasteiger partial charge on any atom is 0.328 e. The summed E-state index contributed by atoms with van der Waals surface area (Å²) in [5.74, 6) is -7.00. The van der Waals surface area contributed by atoms with Gasteiger partial charge in [0.2, 0.25) is 23.6 Å². The van der Waals surface area contributed by atoms with Crippen LogP contribution in [0, 0.1) is 0 Å². The van der Waals surface area contributed by atoms with E-state index in [2.05, 4.69) is 5.32 Å². The molecule has 11 N–H and O–H groups in total. The van der Waals surface area contributed by atoms with E-state index in [0.717, 1.165) is 6.92 Å². The quantitative estimate of drug-likeness (QED) is 0.121. The van der Waals surface area contributed by atoms with Gasteiger partial charge in [0.1, 0.15) is 12.1 Å². The summed E-state index contributed by atoms with van der Waals surface area (Å²) in [5.41, 5.74) is 10.4. The summed E-state index contributed by atoms with van der Waals surface area (Å²) in [6.45, 7) is 0.153. The number of carboxylic acid groups (broad SMARTS) is 2. The number of carbonyl (C=O) groups excluding carboxylic acids is 4. The Morgan fingerprint density at radius 3 is 1.84 bits per heavy atom. The molecule has 15 nitrogen and oxygen atoms in total. The van der Waals surface area contributed by atoms with Gasteiger partial charge in [0.05, 0.1) is 25.2 Å². The lowest BCUT2D eigenvalue weighted by Crippen LogP contribution is -2.59. The number of nitrogens with one attached hydrogen (secondary N) is 3. The van der Waals surface area contributed by atoms with Gasteiger partial charge in [0.15, 0.2) is 6.04 Å². The zero-order valence-corrected chi connectivity index (χ0v) is 16.6. The maximum absolute atomic E-state index is 12.4. The minimum absolute atomic E-state index is 0.357. The fraction of sp³-hybridized carbons (Fsp3) is 0.625. The molecule has 31 heavy (non-hydrogen) atoms. The Kier molecular flexibility index (Phi) is 11.7. The van der Waals surface area contributed by atoms with Gasteiger partial charge < -0.3 is 47.8 Å². The Hall–Kier alpha value is -3.30. The van der Waals surface area contributed by atoms with Gasteiger partial charge in [0, 0.05) is 6.42 Å². The maximum atomic E-state index is 12.4. The van der Waals surface area contributed by atoms with Crippen molar-refractivity contribution in [2.75, 3.05) is 6.61 Å². The summed E-state index contributed by atoms with van der Waals surface area (Å²) in [5, 5.41) is 42.6. The van der Waals surface area contributed by atoms with E-state index in [1.807, 2.05) is 10.6 Å². The van der Waals surface area contributed by atoms with Crippen LogP contribution in [-0.4, -0.2) is 92.9 Å². The number of aliphatic hydroxyl groups is 2. The zero-order valence-electron chi connectivity index (χ0n) is 16.6. The Morgan fingerprint density at radius 1 is 0.903 bits per heavy atom. The molecule has 176 valence electrons. The highest BCUT2D eigenvalue weighted by Gasteiger charge is 2.32. The molecule has 0 bridgehead atoms. The van der Waals surface area contributed by atoms with E-state index < -0.39 is 78.9 Å². The number of nitrogens with two attached hydrogens (primary N) is 2. The lowest BCUT2D eigenvalue weighted by Gasteiger charge is -2.24. The molecule has 0 aliphatic rings. The summed E-state index contributed by atoms with van der Waals surface area (Å²) in [6.07, 6.45) is -2.98. The van der Waals surface area contributed by atoms with Crippen LogP contribution in [0.1, 0.15) is 26.2 Å². The molecule has 0 saturated carbocycles. The second-order valence-corrected chi connectivity index (χ2v) is 6.58. The fourth-order valence-electron chi connectivity index (χ4n) is 2.22. The molecule has 0 fully saturated rings. The average molecular weight is 449 g/mol. The van der Waals surface area contributed by atoms with Gasteiger partial charge in [-0.05, 0) is 13.3 Å². The van der Waals surface area contributed by atoms with Crippen molar-refractivity contribution in [3.8, 4) is 0 Å². The Balaban J connectivity index is 5.33. The number of amides is 4. The van der Waals surface area contributed by atoms with Gasteiger partial charge in [-0.2, -0.15) is 0 Å². The first-order chi connectivity index (χ1) is 14.3. The molecule has 0 rings (SSSR count). The van der Waals surface area contributed by atoms with Crippen molar-refractivity contribution in [2.24, 2.45) is 11.5 Å². The molecule has 0 aliphatic heterocycles. The van der Waals surface area contributed by atoms with Crippen LogP contribution in [0.4, 0.5) is 0 Å². The second kappa shape index (κ2) is 13.1. The molecule has 5 unspecified atom stereocenters. The largest absolute Gasteiger partial charge is 0.481 e. The third-order valence-electron chi connectivity index (χ3n) is 3.91. The van der Waals surface area contributed by atoms with E-state index in [-0.39, 0.29) is 12.8 Å². The number of aliphatic hydroxyl groups excluding tert-OH is 2. The van der Waals surface area contributed by atoms with Gasteiger partial charge in [-0.3, -0.25) is 24.0 Å². The molecule has 15 heteroatoms. The number of hydrogen-bond acceptors (Lipinski definition) is 9. The molecule has 0 spiro atoms. The standard InChI is InChI=1S/C16H27N5O10/c1-6(23)12(16(30)31)21-14(28)8(2-3-10(18)24)19-15(29)9(5-22)20-13(27)7(17)4-11(25)26/h6-9,12,22-23H,2-5,17H2,1H3,(H2,18,24)(H,19,29)(H,20,27)(H,21,28)(H,25,26)(H,30,31). The van der Waals surface area contributed by atoms with Crippen LogP contribution < -0.4 is 27.4 Å². The first-order valence-electron chi connectivity index (χ1n) is 8.98. The highest BCUT2D eigenvalue weighted by atomic mass is 16.4. The van der Waals surface area contributed by atoms with Crippen LogP contribution in [0.3, 0.4) is 0 Å². The third-order valence-corrected chi connectivity index (χ3v) is 3.91. The summed E-state index contributed by atoms with van der Waals surface area (Å²) < 4.78 is 0. The number of aliphatic carboxylic acids is 2. The van der Waals surface area contributed by atoms with Crippen LogP contribution in [0.5, 0.6) is 0 Å². The monoisotopic (exact) mass is 449 g/mol. The first kappa shape index (κ1) is 27.7. The van der Waals surface area contributed by atoms with Crippen LogP contribution >= 0.6 is 0 Å². The number of carboxylic acids is 2. The van der Waals surface area contributed by atoms with Crippen LogP contribution in [0.25, 0.3) is 0 Å². The number of hydrogen-bond donors (Lipinski definition) is 9. The molecular formula is C16H27N5O10. The van der Waals surface area contributed by atoms with E-state index in [4.69, 9.17) is 21.7 Å². The molecule has 0 aromatic rings. The van der Waals surface area contributed by atoms with E-state index in [1.165, 1.54) is 0 Å². The van der Waals surface area contributed by atoms with Crippen molar-refractivity contribution >= 4 is 35.6 Å². The van der Waals surface area contributed by atoms with Gasteiger partial charge >= 0.3 is 11.9 Å². The second-order valence-electron chi connectivity index (χ2n) is 6.58. The normalized spacial score (nSPS) is 15.5. The molecule has 0 saturated heterocycles. The minimum atomic E-state index is -1.72. The van der Waals surface area contributed by atoms with E-state index in [0.29, 0.717) is 0 Å². The van der Waals surface area contributed by atoms with Gasteiger partial charge in [-0.25, -0.2) is 4.79 Å². The van der Waals surface area contributed by atoms with Crippen molar-refractivity contribution < 1.29 is 49.2 Å². The summed E-state index contributed by atoms with van der Waals surface area (Å²) in [7, 11) is 0. The van der Waals surface area contributed by atoms with Gasteiger partial charge in [-0.15, -0.1) is 0 Å². The Labute approximate surface area is 176 Å². The minimum Gasteiger partial charge on any atom is -0.481 e. The molecule has 0 aromatic heterocycles. The Bertz CT molecular complexity index is 698. The van der Waals surface area contributed by atoms with Crippen molar-refractivity contribution in [1.82, 2.24) is 16.0 Å². The lowest BCUT2D eigenvalue weighted by atomic mass is 10.1. The molecule has 0 radical (unpaired) electrons. The molecule has 5 atom stereocenters. The molecular weight excluding hydrogens is 422 g/mol. The number of primary amides is 1. The van der Waals surface area contributed by atoms with Crippen LogP contribution in [0.15, 0.2) is 0 Å². The first-order valence-corrected chi connectivity index (χ1v) is 8.98. The smallest absolute Gasteiger partial charge is 0.328 e. The molecule has 0 heterocycles. The highest BCUT2D eigenvalue weighted by molar-refractivity contribution is 5.95. The Morgan fingerprint density at radius 2 is 1.42 bits per heavy atom. The van der Waals surface area contributed by atoms with Crippen molar-refractivity contribution in [1.29, 1.82) is 0 Å². The summed E-state index contributed by atoms with van der Waals surface area (Å²) in [4.78, 5) is 69.4. The molecule has 4 amide bonds. The van der Waals surface area contributed by atoms with Crippen molar-refractivity contribution in [3.63, 3.8) is 0 Å². The van der Waals surface area contributed by atoms with Crippen LogP contribution in [-0.2, 0) is 28.8 Å². The predicted octanol–water partition coefficient (Wildman–Crippen LogP) is -5.03. The average Bonchev–Trinajstić information content (AvgIpc) is 2.65. The van der Waals surface area contributed by atoms with Gasteiger partial charge in [-0.1, -0.05) is 0 Å². The van der Waals surface area contributed by atoms with Crippen molar-refractivity contribution in [2.45, 2.75) is 56.5 Å². The third kappa shape index (κ3) is 10.3. The van der Waals surface area contributed by atoms with Gasteiger partial charge in [0.25, 0.3) is 0 Å². The summed E-state index contributed by atoms with van der Waals surface area (Å²) in [6, 6.07) is -6.39. The molecule has 0 aliphatic carbocycles. The highest BCUT2D eigenvalue weighted by Crippen LogP contribution is 2.02. The van der Waals surface area contributed by atoms with Crippen molar-refractivity contribution in [3.05, 3.63) is 0 Å². The number of rotatable bonds is 14. The zero-order chi connectivity index (χ0) is 24.3. The SMILES string of the molecule is CC(O)C(NC(=O)C(CCC(N)=O)NC(=O)C(CO)NC(=O)C(N)CC(=O)O)C(=O)O. The molecule has 0 aromatic carbocycles. The van der Waals surface area contributed by atoms with Crippen LogP contribution in [0.2, 0.25) is 0 Å². The summed E-state index contributed by atoms with van der Waals surface area (Å²) >= 11 is 0. The van der Waals surface area contributed by atoms with E-state index in [9.17, 15) is 39.0 Å². The predicted molar refractivity (Wildman–Crippen MR) is 101 cm³/mol. The fourth-order valence-corrected chi connectivity index (χ4v) is 2.22. The number of carbonyl (C=O) groups is 6. The lowest BCUT2D eigenvalue weighted by molar-refractivity contribution is -0.145. The topological polar surface area (TPSA) is 271 Å².